The van der Waals surface area contributed by atoms with Crippen LogP contribution in [-0.2, 0) is 10.0 Å². The molecule has 8 heteroatoms. The van der Waals surface area contributed by atoms with Crippen molar-refractivity contribution in [2.24, 2.45) is 0 Å². The molecule has 0 radical (unpaired) electrons. The maximum atomic E-state index is 12.1. The van der Waals surface area contributed by atoms with Gasteiger partial charge in [-0.15, -0.1) is 12.4 Å². The van der Waals surface area contributed by atoms with Gasteiger partial charge in [-0.1, -0.05) is 6.07 Å². The van der Waals surface area contributed by atoms with Gasteiger partial charge >= 0.3 is 0 Å². The number of carbonyl (C=O) groups excluding carboxylic acids is 1. The SMILES string of the molecule is CCS(=O)(=O)N1CCC(NC(=O)c2cccc(N)c2)CC1.Cl. The number of sulfonamides is 1. The number of rotatable bonds is 4. The minimum atomic E-state index is -3.13. The summed E-state index contributed by atoms with van der Waals surface area (Å²) < 4.78 is 25.0. The molecule has 6 nitrogen and oxygen atoms in total. The molecule has 1 aliphatic heterocycles. The van der Waals surface area contributed by atoms with Crippen molar-refractivity contribution in [3.05, 3.63) is 29.8 Å². The Bertz CT molecular complexity index is 614. The number of nitrogens with two attached hydrogens (primary N) is 1. The highest BCUT2D eigenvalue weighted by Gasteiger charge is 2.27. The van der Waals surface area contributed by atoms with Crippen LogP contribution in [0.25, 0.3) is 0 Å². The van der Waals surface area contributed by atoms with E-state index in [0.29, 0.717) is 37.2 Å². The molecule has 22 heavy (non-hydrogen) atoms. The summed E-state index contributed by atoms with van der Waals surface area (Å²) in [6.07, 6.45) is 1.26. The van der Waals surface area contributed by atoms with Gasteiger partial charge in [-0.05, 0) is 38.0 Å². The number of anilines is 1. The van der Waals surface area contributed by atoms with Crippen LogP contribution in [0.3, 0.4) is 0 Å². The molecule has 0 atom stereocenters. The highest BCUT2D eigenvalue weighted by molar-refractivity contribution is 7.89. The topological polar surface area (TPSA) is 92.5 Å². The van der Waals surface area contributed by atoms with Gasteiger partial charge in [0.2, 0.25) is 10.0 Å². The average molecular weight is 348 g/mol. The van der Waals surface area contributed by atoms with Crippen LogP contribution in [-0.4, -0.2) is 43.5 Å². The van der Waals surface area contributed by atoms with Crippen molar-refractivity contribution in [1.82, 2.24) is 9.62 Å². The van der Waals surface area contributed by atoms with Crippen LogP contribution < -0.4 is 11.1 Å². The molecule has 1 heterocycles. The first kappa shape index (κ1) is 18.7. The summed E-state index contributed by atoms with van der Waals surface area (Å²) in [5.41, 5.74) is 6.73. The molecule has 2 rings (SSSR count). The van der Waals surface area contributed by atoms with E-state index in [-0.39, 0.29) is 30.1 Å². The monoisotopic (exact) mass is 347 g/mol. The molecule has 1 amide bonds. The smallest absolute Gasteiger partial charge is 0.251 e. The molecule has 124 valence electrons. The molecule has 3 N–H and O–H groups in total. The fourth-order valence-corrected chi connectivity index (χ4v) is 3.54. The number of nitrogen functional groups attached to an aromatic ring is 1. The van der Waals surface area contributed by atoms with E-state index in [9.17, 15) is 13.2 Å². The summed E-state index contributed by atoms with van der Waals surface area (Å²) in [7, 11) is -3.13. The van der Waals surface area contributed by atoms with Crippen molar-refractivity contribution in [1.29, 1.82) is 0 Å². The molecule has 0 bridgehead atoms. The highest BCUT2D eigenvalue weighted by atomic mass is 35.5. The van der Waals surface area contributed by atoms with E-state index in [1.54, 1.807) is 31.2 Å². The molecule has 1 aromatic rings. The van der Waals surface area contributed by atoms with E-state index >= 15 is 0 Å². The summed E-state index contributed by atoms with van der Waals surface area (Å²) in [6.45, 7) is 2.55. The van der Waals surface area contributed by atoms with Crippen molar-refractivity contribution in [3.8, 4) is 0 Å². The second-order valence-corrected chi connectivity index (χ2v) is 7.43. The molecule has 0 aromatic heterocycles. The van der Waals surface area contributed by atoms with Crippen LogP contribution in [0.2, 0.25) is 0 Å². The molecule has 1 aliphatic rings. The zero-order valence-electron chi connectivity index (χ0n) is 12.5. The van der Waals surface area contributed by atoms with Gasteiger partial charge in [-0.25, -0.2) is 12.7 Å². The molecule has 0 aliphatic carbocycles. The molecule has 0 spiro atoms. The Hall–Kier alpha value is -1.31. The number of amides is 1. The third-order valence-electron chi connectivity index (χ3n) is 3.70. The standard InChI is InChI=1S/C14H21N3O3S.ClH/c1-2-21(19,20)17-8-6-13(7-9-17)16-14(18)11-4-3-5-12(15)10-11;/h3-5,10,13H,2,6-9,15H2,1H3,(H,16,18);1H. The number of nitrogens with one attached hydrogen (secondary N) is 1. The zero-order valence-corrected chi connectivity index (χ0v) is 14.1. The first-order chi connectivity index (χ1) is 9.92. The lowest BCUT2D eigenvalue weighted by molar-refractivity contribution is 0.0924. The zero-order chi connectivity index (χ0) is 15.5. The lowest BCUT2D eigenvalue weighted by atomic mass is 10.1. The third-order valence-corrected chi connectivity index (χ3v) is 5.58. The van der Waals surface area contributed by atoms with Crippen LogP contribution in [0.1, 0.15) is 30.1 Å². The number of halogens is 1. The summed E-state index contributed by atoms with van der Waals surface area (Å²) in [6, 6.07) is 6.81. The van der Waals surface area contributed by atoms with Gasteiger partial charge in [0.1, 0.15) is 0 Å². The highest BCUT2D eigenvalue weighted by Crippen LogP contribution is 2.15. The van der Waals surface area contributed by atoms with E-state index in [2.05, 4.69) is 5.32 Å². The van der Waals surface area contributed by atoms with Crippen molar-refractivity contribution in [2.75, 3.05) is 24.6 Å². The fourth-order valence-electron chi connectivity index (χ4n) is 2.41. The normalized spacial score (nSPS) is 16.8. The van der Waals surface area contributed by atoms with Crippen molar-refractivity contribution in [3.63, 3.8) is 0 Å². The Morgan fingerprint density at radius 2 is 2.00 bits per heavy atom. The number of piperidine rings is 1. The van der Waals surface area contributed by atoms with Gasteiger partial charge in [0.05, 0.1) is 5.75 Å². The molecular formula is C14H22ClN3O3S. The molecule has 1 fully saturated rings. The lowest BCUT2D eigenvalue weighted by Crippen LogP contribution is -2.46. The van der Waals surface area contributed by atoms with E-state index in [4.69, 9.17) is 5.73 Å². The Labute approximate surface area is 137 Å². The van der Waals surface area contributed by atoms with E-state index in [1.165, 1.54) is 4.31 Å². The first-order valence-corrected chi connectivity index (χ1v) is 8.67. The second kappa shape index (κ2) is 7.80. The van der Waals surface area contributed by atoms with Gasteiger partial charge in [-0.2, -0.15) is 0 Å². The maximum absolute atomic E-state index is 12.1. The van der Waals surface area contributed by atoms with E-state index in [1.807, 2.05) is 0 Å². The minimum absolute atomic E-state index is 0. The van der Waals surface area contributed by atoms with Crippen molar-refractivity contribution < 1.29 is 13.2 Å². The molecular weight excluding hydrogens is 326 g/mol. The Morgan fingerprint density at radius 3 is 2.55 bits per heavy atom. The van der Waals surface area contributed by atoms with Gasteiger partial charge in [-0.3, -0.25) is 4.79 Å². The molecule has 0 saturated carbocycles. The number of carbonyl (C=O) groups is 1. The van der Waals surface area contributed by atoms with Gasteiger partial charge in [0, 0.05) is 30.4 Å². The fraction of sp³-hybridized carbons (Fsp3) is 0.500. The van der Waals surface area contributed by atoms with Crippen LogP contribution >= 0.6 is 12.4 Å². The lowest BCUT2D eigenvalue weighted by Gasteiger charge is -2.31. The summed E-state index contributed by atoms with van der Waals surface area (Å²) in [5, 5.41) is 2.94. The average Bonchev–Trinajstić information content (AvgIpc) is 2.48. The number of benzene rings is 1. The second-order valence-electron chi connectivity index (χ2n) is 5.17. The summed E-state index contributed by atoms with van der Waals surface area (Å²) >= 11 is 0. The van der Waals surface area contributed by atoms with Crippen molar-refractivity contribution in [2.45, 2.75) is 25.8 Å². The van der Waals surface area contributed by atoms with Gasteiger partial charge in [0.15, 0.2) is 0 Å². The van der Waals surface area contributed by atoms with Crippen LogP contribution in [0.5, 0.6) is 0 Å². The largest absolute Gasteiger partial charge is 0.399 e. The Kier molecular flexibility index (Phi) is 6.65. The first-order valence-electron chi connectivity index (χ1n) is 7.06. The van der Waals surface area contributed by atoms with Crippen LogP contribution in [0.15, 0.2) is 24.3 Å². The van der Waals surface area contributed by atoms with Gasteiger partial charge in [0.25, 0.3) is 5.91 Å². The van der Waals surface area contributed by atoms with Crippen molar-refractivity contribution >= 4 is 34.0 Å². The minimum Gasteiger partial charge on any atom is -0.399 e. The Morgan fingerprint density at radius 1 is 1.36 bits per heavy atom. The van der Waals surface area contributed by atoms with E-state index in [0.717, 1.165) is 0 Å². The van der Waals surface area contributed by atoms with Crippen LogP contribution in [0, 0.1) is 0 Å². The summed E-state index contributed by atoms with van der Waals surface area (Å²) in [4.78, 5) is 12.1. The molecule has 0 unspecified atom stereocenters. The third kappa shape index (κ3) is 4.59. The summed E-state index contributed by atoms with van der Waals surface area (Å²) in [5.74, 6) is -0.0491. The maximum Gasteiger partial charge on any atom is 0.251 e. The van der Waals surface area contributed by atoms with E-state index < -0.39 is 10.0 Å². The predicted molar refractivity (Wildman–Crippen MR) is 89.6 cm³/mol. The van der Waals surface area contributed by atoms with Crippen LogP contribution in [0.4, 0.5) is 5.69 Å². The number of hydrogen-bond donors (Lipinski definition) is 2. The number of hydrogen-bond acceptors (Lipinski definition) is 4. The molecule has 1 aromatic carbocycles. The molecule has 1 saturated heterocycles. The number of nitrogens with zero attached hydrogens (tertiary/aromatic N) is 1. The quantitative estimate of drug-likeness (QED) is 0.801. The Balaban J connectivity index is 0.00000242. The van der Waals surface area contributed by atoms with Gasteiger partial charge < -0.3 is 11.1 Å². The predicted octanol–water partition coefficient (Wildman–Crippen LogP) is 1.23.